The second-order valence-corrected chi connectivity index (χ2v) is 7.34. The molecule has 128 valence electrons. The molecule has 0 radical (unpaired) electrons. The van der Waals surface area contributed by atoms with Gasteiger partial charge in [-0.2, -0.15) is 0 Å². The molecule has 2 aromatic carbocycles. The Hall–Kier alpha value is -2.41. The Morgan fingerprint density at radius 3 is 2.42 bits per heavy atom. The predicted molar refractivity (Wildman–Crippen MR) is 91.0 cm³/mol. The van der Waals surface area contributed by atoms with Crippen LogP contribution >= 0.6 is 0 Å². The predicted octanol–water partition coefficient (Wildman–Crippen LogP) is 3.07. The lowest BCUT2D eigenvalue weighted by Gasteiger charge is -2.15. The van der Waals surface area contributed by atoms with Crippen LogP contribution < -0.4 is 10.0 Å². The van der Waals surface area contributed by atoms with Gasteiger partial charge in [-0.1, -0.05) is 12.1 Å². The number of halogens is 1. The number of rotatable bonds is 5. The molecule has 0 aliphatic rings. The summed E-state index contributed by atoms with van der Waals surface area (Å²) in [7, 11) is -3.94. The molecule has 2 rings (SSSR count). The first-order valence-corrected chi connectivity index (χ1v) is 8.88. The Labute approximate surface area is 141 Å². The van der Waals surface area contributed by atoms with Crippen molar-refractivity contribution >= 4 is 21.6 Å². The Balaban J connectivity index is 2.38. The summed E-state index contributed by atoms with van der Waals surface area (Å²) in [6.07, 6.45) is 0. The van der Waals surface area contributed by atoms with Crippen molar-refractivity contribution in [1.29, 1.82) is 0 Å². The van der Waals surface area contributed by atoms with E-state index in [1.807, 2.05) is 13.8 Å². The van der Waals surface area contributed by atoms with Crippen LogP contribution in [0.15, 0.2) is 47.4 Å². The lowest BCUT2D eigenvalue weighted by atomic mass is 10.1. The van der Waals surface area contributed by atoms with Gasteiger partial charge in [0.1, 0.15) is 5.82 Å². The average molecular weight is 350 g/mol. The third-order valence-electron chi connectivity index (χ3n) is 3.26. The number of benzene rings is 2. The highest BCUT2D eigenvalue weighted by molar-refractivity contribution is 7.92. The van der Waals surface area contributed by atoms with Gasteiger partial charge < -0.3 is 5.32 Å². The molecule has 0 bridgehead atoms. The summed E-state index contributed by atoms with van der Waals surface area (Å²) < 4.78 is 40.7. The molecule has 0 fully saturated rings. The fraction of sp³-hybridized carbons (Fsp3) is 0.235. The molecule has 1 amide bonds. The Kier molecular flexibility index (Phi) is 5.23. The van der Waals surface area contributed by atoms with Crippen molar-refractivity contribution in [3.63, 3.8) is 0 Å². The zero-order valence-electron chi connectivity index (χ0n) is 13.6. The van der Waals surface area contributed by atoms with Crippen molar-refractivity contribution in [1.82, 2.24) is 5.32 Å². The first kappa shape index (κ1) is 17.9. The normalized spacial score (nSPS) is 11.4. The molecule has 0 saturated carbocycles. The monoisotopic (exact) mass is 350 g/mol. The zero-order valence-corrected chi connectivity index (χ0v) is 14.4. The summed E-state index contributed by atoms with van der Waals surface area (Å²) in [5, 5.41) is 2.72. The number of nitrogens with one attached hydrogen (secondary N) is 2. The Morgan fingerprint density at radius 2 is 1.79 bits per heavy atom. The molecule has 0 aromatic heterocycles. The highest BCUT2D eigenvalue weighted by Crippen LogP contribution is 2.22. The Bertz CT molecular complexity index is 864. The first-order valence-electron chi connectivity index (χ1n) is 7.39. The number of carbonyl (C=O) groups is 1. The maximum atomic E-state index is 13.2. The fourth-order valence-electron chi connectivity index (χ4n) is 2.22. The van der Waals surface area contributed by atoms with Gasteiger partial charge in [0, 0.05) is 6.04 Å². The van der Waals surface area contributed by atoms with Crippen molar-refractivity contribution in [3.8, 4) is 0 Å². The highest BCUT2D eigenvalue weighted by atomic mass is 32.2. The number of hydrogen-bond donors (Lipinski definition) is 2. The minimum absolute atomic E-state index is 0.0389. The number of aryl methyl sites for hydroxylation is 1. The van der Waals surface area contributed by atoms with Gasteiger partial charge in [0.15, 0.2) is 0 Å². The van der Waals surface area contributed by atoms with Gasteiger partial charge in [-0.15, -0.1) is 0 Å². The number of hydrogen-bond acceptors (Lipinski definition) is 3. The van der Waals surface area contributed by atoms with Gasteiger partial charge in [-0.3, -0.25) is 9.52 Å². The van der Waals surface area contributed by atoms with Crippen molar-refractivity contribution in [3.05, 3.63) is 59.4 Å². The van der Waals surface area contributed by atoms with Gasteiger partial charge in [0.25, 0.3) is 15.9 Å². The fourth-order valence-corrected chi connectivity index (χ4v) is 3.53. The van der Waals surface area contributed by atoms with E-state index in [2.05, 4.69) is 10.0 Å². The molecule has 2 aromatic rings. The van der Waals surface area contributed by atoms with E-state index in [9.17, 15) is 17.6 Å². The Morgan fingerprint density at radius 1 is 1.12 bits per heavy atom. The van der Waals surface area contributed by atoms with E-state index >= 15 is 0 Å². The van der Waals surface area contributed by atoms with Crippen LogP contribution in [0.3, 0.4) is 0 Å². The maximum absolute atomic E-state index is 13.2. The van der Waals surface area contributed by atoms with Crippen LogP contribution in [0.1, 0.15) is 29.8 Å². The molecule has 0 saturated heterocycles. The first-order chi connectivity index (χ1) is 11.2. The molecule has 0 aliphatic heterocycles. The summed E-state index contributed by atoms with van der Waals surface area (Å²) in [6.45, 7) is 5.13. The van der Waals surface area contributed by atoms with Crippen LogP contribution in [-0.2, 0) is 10.0 Å². The number of carbonyl (C=O) groups excluding carboxylic acids is 1. The molecular formula is C17H19FN2O3S. The maximum Gasteiger partial charge on any atom is 0.262 e. The van der Waals surface area contributed by atoms with Gasteiger partial charge in [0.05, 0.1) is 16.1 Å². The van der Waals surface area contributed by atoms with Crippen molar-refractivity contribution in [2.75, 3.05) is 4.72 Å². The number of amides is 1. The van der Waals surface area contributed by atoms with E-state index in [1.54, 1.807) is 12.1 Å². The van der Waals surface area contributed by atoms with E-state index < -0.39 is 15.8 Å². The van der Waals surface area contributed by atoms with Gasteiger partial charge in [-0.05, 0) is 56.7 Å². The summed E-state index contributed by atoms with van der Waals surface area (Å²) in [4.78, 5) is 12.2. The minimum Gasteiger partial charge on any atom is -0.350 e. The van der Waals surface area contributed by atoms with E-state index in [-0.39, 0.29) is 33.7 Å². The SMILES string of the molecule is Cc1cc(F)ccc1S(=O)(=O)Nc1ccccc1C(=O)NC(C)C. The number of para-hydroxylation sites is 1. The average Bonchev–Trinajstić information content (AvgIpc) is 2.46. The molecule has 0 atom stereocenters. The van der Waals surface area contributed by atoms with Crippen LogP contribution in [0.2, 0.25) is 0 Å². The highest BCUT2D eigenvalue weighted by Gasteiger charge is 2.20. The molecule has 0 aliphatic carbocycles. The molecule has 5 nitrogen and oxygen atoms in total. The molecule has 24 heavy (non-hydrogen) atoms. The second kappa shape index (κ2) is 7.00. The lowest BCUT2D eigenvalue weighted by Crippen LogP contribution is -2.31. The standard InChI is InChI=1S/C17H19FN2O3S/c1-11(2)19-17(21)14-6-4-5-7-15(14)20-24(22,23)16-9-8-13(18)10-12(16)3/h4-11,20H,1-3H3,(H,19,21). The summed E-state index contributed by atoms with van der Waals surface area (Å²) in [6, 6.07) is 9.66. The quantitative estimate of drug-likeness (QED) is 0.870. The molecule has 7 heteroatoms. The topological polar surface area (TPSA) is 75.3 Å². The van der Waals surface area contributed by atoms with E-state index in [0.29, 0.717) is 0 Å². The van der Waals surface area contributed by atoms with Crippen LogP contribution in [0.25, 0.3) is 0 Å². The van der Waals surface area contributed by atoms with Crippen molar-refractivity contribution in [2.45, 2.75) is 31.7 Å². The molecular weight excluding hydrogens is 331 g/mol. The molecule has 0 spiro atoms. The van der Waals surface area contributed by atoms with Crippen LogP contribution in [0.4, 0.5) is 10.1 Å². The van der Waals surface area contributed by atoms with E-state index in [4.69, 9.17) is 0 Å². The number of sulfonamides is 1. The molecule has 2 N–H and O–H groups in total. The van der Waals surface area contributed by atoms with E-state index in [0.717, 1.165) is 12.1 Å². The third-order valence-corrected chi connectivity index (χ3v) is 4.79. The van der Waals surface area contributed by atoms with Gasteiger partial charge in [-0.25, -0.2) is 12.8 Å². The minimum atomic E-state index is -3.94. The van der Waals surface area contributed by atoms with Gasteiger partial charge in [0.2, 0.25) is 0 Å². The van der Waals surface area contributed by atoms with Crippen LogP contribution in [0, 0.1) is 12.7 Å². The molecule has 0 unspecified atom stereocenters. The summed E-state index contributed by atoms with van der Waals surface area (Å²) in [5.74, 6) is -0.887. The van der Waals surface area contributed by atoms with Gasteiger partial charge >= 0.3 is 0 Å². The lowest BCUT2D eigenvalue weighted by molar-refractivity contribution is 0.0944. The van der Waals surface area contributed by atoms with Crippen LogP contribution in [-0.4, -0.2) is 20.4 Å². The van der Waals surface area contributed by atoms with Crippen LogP contribution in [0.5, 0.6) is 0 Å². The summed E-state index contributed by atoms with van der Waals surface area (Å²) in [5.41, 5.74) is 0.667. The largest absolute Gasteiger partial charge is 0.350 e. The second-order valence-electron chi connectivity index (χ2n) is 5.69. The zero-order chi connectivity index (χ0) is 17.9. The summed E-state index contributed by atoms with van der Waals surface area (Å²) >= 11 is 0. The molecule has 0 heterocycles. The van der Waals surface area contributed by atoms with E-state index in [1.165, 1.54) is 25.1 Å². The van der Waals surface area contributed by atoms with Crippen molar-refractivity contribution < 1.29 is 17.6 Å². The number of anilines is 1. The van der Waals surface area contributed by atoms with Crippen molar-refractivity contribution in [2.24, 2.45) is 0 Å². The smallest absolute Gasteiger partial charge is 0.262 e. The third kappa shape index (κ3) is 4.11.